The maximum absolute atomic E-state index is 10.4. The second-order valence-electron chi connectivity index (χ2n) is 3.62. The van der Waals surface area contributed by atoms with E-state index in [9.17, 15) is 9.70 Å². The van der Waals surface area contributed by atoms with Crippen LogP contribution in [0.15, 0.2) is 17.3 Å². The molecule has 0 heterocycles. The fourth-order valence-corrected chi connectivity index (χ4v) is 0.692. The van der Waals surface area contributed by atoms with E-state index in [-0.39, 0.29) is 0 Å². The Morgan fingerprint density at radius 1 is 1.62 bits per heavy atom. The molecule has 0 fully saturated rings. The first-order chi connectivity index (χ1) is 5.89. The lowest BCUT2D eigenvalue weighted by molar-refractivity contribution is -0.140. The largest absolute Gasteiger partial charge is 0.481 e. The Hall–Kier alpha value is -1.19. The molecule has 0 aromatic rings. The van der Waals surface area contributed by atoms with Gasteiger partial charge < -0.3 is 5.11 Å². The summed E-state index contributed by atoms with van der Waals surface area (Å²) in [6, 6.07) is 0. The Bertz CT molecular complexity index is 221. The highest BCUT2D eigenvalue weighted by atomic mass is 16.4. The summed E-state index contributed by atoms with van der Waals surface area (Å²) >= 11 is 0. The van der Waals surface area contributed by atoms with E-state index in [0.29, 0.717) is 6.42 Å². The third-order valence-electron chi connectivity index (χ3n) is 1.67. The summed E-state index contributed by atoms with van der Waals surface area (Å²) in [4.78, 5) is 20.6. The van der Waals surface area contributed by atoms with Crippen LogP contribution in [0.4, 0.5) is 0 Å². The van der Waals surface area contributed by atoms with Gasteiger partial charge in [0.25, 0.3) is 0 Å². The number of carbonyl (C=O) groups is 1. The molecule has 1 N–H and O–H groups in total. The van der Waals surface area contributed by atoms with Crippen LogP contribution in [0.2, 0.25) is 0 Å². The SMILES string of the molecule is CC(C/C=C/C(C)(C)N=O)C(=O)O. The van der Waals surface area contributed by atoms with Crippen LogP contribution in [0.1, 0.15) is 27.2 Å². The van der Waals surface area contributed by atoms with Gasteiger partial charge in [0.1, 0.15) is 5.54 Å². The maximum atomic E-state index is 10.4. The van der Waals surface area contributed by atoms with Crippen molar-refractivity contribution in [3.63, 3.8) is 0 Å². The number of rotatable bonds is 5. The van der Waals surface area contributed by atoms with E-state index in [4.69, 9.17) is 5.11 Å². The molecule has 0 rings (SSSR count). The Labute approximate surface area is 77.6 Å². The van der Waals surface area contributed by atoms with Crippen molar-refractivity contribution in [1.82, 2.24) is 0 Å². The fourth-order valence-electron chi connectivity index (χ4n) is 0.692. The maximum Gasteiger partial charge on any atom is 0.306 e. The van der Waals surface area contributed by atoms with Crippen molar-refractivity contribution in [2.24, 2.45) is 11.1 Å². The Balaban J connectivity index is 4.01. The van der Waals surface area contributed by atoms with Gasteiger partial charge in [0.05, 0.1) is 5.92 Å². The van der Waals surface area contributed by atoms with Crippen molar-refractivity contribution < 1.29 is 9.90 Å². The van der Waals surface area contributed by atoms with Crippen LogP contribution in [0.3, 0.4) is 0 Å². The standard InChI is InChI=1S/C9H15NO3/c1-7(8(11)12)5-4-6-9(2,3)10-13/h4,6-7H,5H2,1-3H3,(H,11,12)/b6-4+. The predicted octanol–water partition coefficient (Wildman–Crippen LogP) is 2.20. The summed E-state index contributed by atoms with van der Waals surface area (Å²) in [6.45, 7) is 4.96. The number of hydrogen-bond acceptors (Lipinski definition) is 3. The highest BCUT2D eigenvalue weighted by Gasteiger charge is 2.13. The molecule has 0 bridgehead atoms. The molecular weight excluding hydrogens is 170 g/mol. The second-order valence-corrected chi connectivity index (χ2v) is 3.62. The van der Waals surface area contributed by atoms with Crippen LogP contribution in [0, 0.1) is 10.8 Å². The Morgan fingerprint density at radius 2 is 2.15 bits per heavy atom. The number of aliphatic carboxylic acids is 1. The number of carboxylic acid groups (broad SMARTS) is 1. The Morgan fingerprint density at radius 3 is 2.54 bits per heavy atom. The van der Waals surface area contributed by atoms with Crippen LogP contribution in [-0.4, -0.2) is 16.6 Å². The quantitative estimate of drug-likeness (QED) is 0.527. The second kappa shape index (κ2) is 4.74. The molecule has 13 heavy (non-hydrogen) atoms. The minimum absolute atomic E-state index is 0.418. The molecule has 0 aliphatic rings. The van der Waals surface area contributed by atoms with E-state index in [0.717, 1.165) is 0 Å². The molecule has 0 amide bonds. The molecule has 0 radical (unpaired) electrons. The fraction of sp³-hybridized carbons (Fsp3) is 0.667. The van der Waals surface area contributed by atoms with Gasteiger partial charge in [-0.1, -0.05) is 24.3 Å². The first-order valence-electron chi connectivity index (χ1n) is 4.14. The summed E-state index contributed by atoms with van der Waals surface area (Å²) in [5.74, 6) is -1.25. The van der Waals surface area contributed by atoms with Crippen LogP contribution in [-0.2, 0) is 4.79 Å². The molecule has 0 saturated carbocycles. The molecule has 0 spiro atoms. The highest BCUT2D eigenvalue weighted by Crippen LogP contribution is 2.12. The molecule has 1 atom stereocenters. The van der Waals surface area contributed by atoms with Crippen molar-refractivity contribution in [2.45, 2.75) is 32.7 Å². The van der Waals surface area contributed by atoms with Gasteiger partial charge in [0.2, 0.25) is 0 Å². The van der Waals surface area contributed by atoms with Crippen molar-refractivity contribution >= 4 is 5.97 Å². The highest BCUT2D eigenvalue weighted by molar-refractivity contribution is 5.69. The van der Waals surface area contributed by atoms with Gasteiger partial charge in [-0.3, -0.25) is 4.79 Å². The van der Waals surface area contributed by atoms with Gasteiger partial charge in [-0.05, 0) is 20.3 Å². The molecule has 4 heteroatoms. The molecule has 0 aromatic heterocycles. The predicted molar refractivity (Wildman–Crippen MR) is 50.4 cm³/mol. The van der Waals surface area contributed by atoms with Crippen molar-refractivity contribution in [1.29, 1.82) is 0 Å². The number of hydrogen-bond donors (Lipinski definition) is 1. The minimum atomic E-state index is -0.832. The van der Waals surface area contributed by atoms with Gasteiger partial charge in [0.15, 0.2) is 0 Å². The summed E-state index contributed by atoms with van der Waals surface area (Å²) in [5.41, 5.74) is -0.738. The molecule has 4 nitrogen and oxygen atoms in total. The van der Waals surface area contributed by atoms with Gasteiger partial charge >= 0.3 is 5.97 Å². The summed E-state index contributed by atoms with van der Waals surface area (Å²) in [5, 5.41) is 11.4. The normalized spacial score (nSPS) is 14.4. The number of carboxylic acids is 1. The molecule has 0 saturated heterocycles. The third kappa shape index (κ3) is 5.11. The Kier molecular flexibility index (Phi) is 4.31. The average molecular weight is 185 g/mol. The van der Waals surface area contributed by atoms with Gasteiger partial charge in [-0.15, -0.1) is 4.91 Å². The van der Waals surface area contributed by atoms with E-state index < -0.39 is 17.4 Å². The minimum Gasteiger partial charge on any atom is -0.481 e. The molecular formula is C9H15NO3. The zero-order valence-corrected chi connectivity index (χ0v) is 8.15. The average Bonchev–Trinajstić information content (AvgIpc) is 2.04. The molecule has 0 aromatic carbocycles. The first kappa shape index (κ1) is 11.8. The van der Waals surface area contributed by atoms with Crippen molar-refractivity contribution in [3.05, 3.63) is 17.1 Å². The van der Waals surface area contributed by atoms with E-state index in [1.807, 2.05) is 0 Å². The van der Waals surface area contributed by atoms with Crippen molar-refractivity contribution in [3.8, 4) is 0 Å². The van der Waals surface area contributed by atoms with Crippen LogP contribution in [0.5, 0.6) is 0 Å². The zero-order valence-electron chi connectivity index (χ0n) is 8.15. The van der Waals surface area contributed by atoms with E-state index in [1.165, 1.54) is 0 Å². The van der Waals surface area contributed by atoms with Gasteiger partial charge in [-0.25, -0.2) is 0 Å². The third-order valence-corrected chi connectivity index (χ3v) is 1.67. The lowest BCUT2D eigenvalue weighted by Gasteiger charge is -2.08. The lowest BCUT2D eigenvalue weighted by Crippen LogP contribution is -2.12. The monoisotopic (exact) mass is 185 g/mol. The summed E-state index contributed by atoms with van der Waals surface area (Å²) in [6.07, 6.45) is 3.73. The van der Waals surface area contributed by atoms with Gasteiger partial charge in [-0.2, -0.15) is 0 Å². The van der Waals surface area contributed by atoms with Crippen LogP contribution < -0.4 is 0 Å². The number of allylic oxidation sites excluding steroid dienone is 1. The van der Waals surface area contributed by atoms with Crippen LogP contribution >= 0.6 is 0 Å². The first-order valence-corrected chi connectivity index (χ1v) is 4.14. The lowest BCUT2D eigenvalue weighted by atomic mass is 10.0. The molecule has 0 aliphatic carbocycles. The molecule has 74 valence electrons. The van der Waals surface area contributed by atoms with Crippen LogP contribution in [0.25, 0.3) is 0 Å². The van der Waals surface area contributed by atoms with Gasteiger partial charge in [0, 0.05) is 0 Å². The molecule has 1 unspecified atom stereocenters. The van der Waals surface area contributed by atoms with E-state index >= 15 is 0 Å². The zero-order chi connectivity index (χ0) is 10.5. The smallest absolute Gasteiger partial charge is 0.306 e. The topological polar surface area (TPSA) is 66.7 Å². The van der Waals surface area contributed by atoms with Crippen molar-refractivity contribution in [2.75, 3.05) is 0 Å². The number of nitroso groups, excluding NO2 is 1. The van der Waals surface area contributed by atoms with E-state index in [1.54, 1.807) is 32.9 Å². The number of nitrogens with zero attached hydrogens (tertiary/aromatic N) is 1. The summed E-state index contributed by atoms with van der Waals surface area (Å²) < 4.78 is 0. The van der Waals surface area contributed by atoms with E-state index in [2.05, 4.69) is 5.18 Å². The molecule has 0 aliphatic heterocycles. The summed E-state index contributed by atoms with van der Waals surface area (Å²) in [7, 11) is 0.